The zero-order valence-electron chi connectivity index (χ0n) is 20.0. The van der Waals surface area contributed by atoms with Crippen molar-refractivity contribution in [3.05, 3.63) is 41.3 Å². The molecule has 2 amide bonds. The quantitative estimate of drug-likeness (QED) is 0.508. The molecule has 1 saturated heterocycles. The summed E-state index contributed by atoms with van der Waals surface area (Å²) >= 11 is 6.03. The average Bonchev–Trinajstić information content (AvgIpc) is 3.45. The smallest absolute Gasteiger partial charge is 0.263 e. The molecule has 33 heavy (non-hydrogen) atoms. The highest BCUT2D eigenvalue weighted by Gasteiger charge is 2.30. The van der Waals surface area contributed by atoms with Gasteiger partial charge in [0.1, 0.15) is 0 Å². The molecule has 1 aromatic carbocycles. The third kappa shape index (κ3) is 7.87. The second-order valence-corrected chi connectivity index (χ2v) is 11.7. The first kappa shape index (κ1) is 25.8. The predicted octanol–water partition coefficient (Wildman–Crippen LogP) is 5.36. The highest BCUT2D eigenvalue weighted by atomic mass is 32.1. The second-order valence-electron chi connectivity index (χ2n) is 10.1. The summed E-state index contributed by atoms with van der Waals surface area (Å²) < 4.78 is 0. The fraction of sp³-hybridized carbons (Fsp3) is 0.538. The second kappa shape index (κ2) is 11.5. The van der Waals surface area contributed by atoms with Gasteiger partial charge in [-0.2, -0.15) is 0 Å². The molecule has 0 unspecified atom stereocenters. The first-order chi connectivity index (χ1) is 15.6. The molecule has 180 valence electrons. The summed E-state index contributed by atoms with van der Waals surface area (Å²) in [5.41, 5.74) is 6.41. The first-order valence-corrected chi connectivity index (χ1v) is 13.1. The average molecular weight is 488 g/mol. The van der Waals surface area contributed by atoms with Crippen LogP contribution in [-0.4, -0.2) is 41.4 Å². The Kier molecular flexibility index (Phi) is 9.02. The van der Waals surface area contributed by atoms with Gasteiger partial charge in [0, 0.05) is 45.9 Å². The van der Waals surface area contributed by atoms with Crippen molar-refractivity contribution in [1.82, 2.24) is 10.2 Å². The molecule has 4 rings (SSSR count). The number of likely N-dealkylation sites (tertiary alicyclic amines) is 1. The van der Waals surface area contributed by atoms with Crippen LogP contribution in [0, 0.1) is 5.92 Å². The van der Waals surface area contributed by atoms with E-state index < -0.39 is 0 Å². The lowest BCUT2D eigenvalue weighted by molar-refractivity contribution is -0.127. The number of carbonyl (C=O) groups is 2. The van der Waals surface area contributed by atoms with E-state index in [1.165, 1.54) is 24.2 Å². The molecule has 0 spiro atoms. The zero-order chi connectivity index (χ0) is 24.0. The van der Waals surface area contributed by atoms with Crippen molar-refractivity contribution < 1.29 is 9.59 Å². The van der Waals surface area contributed by atoms with Gasteiger partial charge in [0.25, 0.3) is 5.91 Å². The number of hydrogen-bond acceptors (Lipinski definition) is 5. The monoisotopic (exact) mass is 487 g/mol. The Morgan fingerprint density at radius 1 is 1.03 bits per heavy atom. The Bertz CT molecular complexity index is 931. The van der Waals surface area contributed by atoms with Crippen molar-refractivity contribution in [2.75, 3.05) is 13.1 Å². The van der Waals surface area contributed by atoms with Crippen LogP contribution in [0.4, 0.5) is 0 Å². The number of hydrogen-bond donors (Lipinski definition) is 3. The minimum atomic E-state index is 0. The lowest BCUT2D eigenvalue weighted by Gasteiger charge is -2.31. The number of benzene rings is 1. The highest BCUT2D eigenvalue weighted by molar-refractivity contribution is 7.80. The SMILES string of the molecule is CC(C)(C)N.O=C(NC1CCCC1)C1CCN(C(=O)c2ccc(-c3ccccc3S)s2)CC1. The van der Waals surface area contributed by atoms with Crippen molar-refractivity contribution in [2.45, 2.75) is 75.8 Å². The maximum absolute atomic E-state index is 12.9. The molecule has 2 fully saturated rings. The van der Waals surface area contributed by atoms with Gasteiger partial charge in [0.15, 0.2) is 0 Å². The van der Waals surface area contributed by atoms with Crippen molar-refractivity contribution in [3.63, 3.8) is 0 Å². The van der Waals surface area contributed by atoms with E-state index in [9.17, 15) is 9.59 Å². The molecule has 1 aliphatic carbocycles. The number of nitrogens with zero attached hydrogens (tertiary/aromatic N) is 1. The third-order valence-electron chi connectivity index (χ3n) is 5.84. The van der Waals surface area contributed by atoms with Crippen LogP contribution in [0.25, 0.3) is 10.4 Å². The number of nitrogens with one attached hydrogen (secondary N) is 1. The van der Waals surface area contributed by atoms with Gasteiger partial charge in [-0.05, 0) is 64.7 Å². The molecule has 0 radical (unpaired) electrons. The van der Waals surface area contributed by atoms with Gasteiger partial charge < -0.3 is 16.0 Å². The largest absolute Gasteiger partial charge is 0.353 e. The normalized spacial score (nSPS) is 17.4. The minimum Gasteiger partial charge on any atom is -0.353 e. The third-order valence-corrected chi connectivity index (χ3v) is 7.34. The van der Waals surface area contributed by atoms with Crippen molar-refractivity contribution in [2.24, 2.45) is 11.7 Å². The lowest BCUT2D eigenvalue weighted by Crippen LogP contribution is -2.44. The Morgan fingerprint density at radius 2 is 1.64 bits per heavy atom. The van der Waals surface area contributed by atoms with E-state index in [0.29, 0.717) is 19.1 Å². The number of rotatable bonds is 4. The number of carbonyl (C=O) groups excluding carboxylic acids is 2. The molecule has 2 heterocycles. The molecule has 3 N–H and O–H groups in total. The van der Waals surface area contributed by atoms with Gasteiger partial charge in [0.2, 0.25) is 5.91 Å². The van der Waals surface area contributed by atoms with Crippen molar-refractivity contribution in [1.29, 1.82) is 0 Å². The van der Waals surface area contributed by atoms with Gasteiger partial charge in [-0.3, -0.25) is 9.59 Å². The summed E-state index contributed by atoms with van der Waals surface area (Å²) in [6.45, 7) is 7.20. The van der Waals surface area contributed by atoms with Crippen LogP contribution in [0.3, 0.4) is 0 Å². The Hall–Kier alpha value is -1.83. The summed E-state index contributed by atoms with van der Waals surface area (Å²) in [4.78, 5) is 30.0. The summed E-state index contributed by atoms with van der Waals surface area (Å²) in [6.07, 6.45) is 6.17. The van der Waals surface area contributed by atoms with Gasteiger partial charge in [-0.1, -0.05) is 31.0 Å². The molecular formula is C26H37N3O2S2. The van der Waals surface area contributed by atoms with Crippen LogP contribution in [0.5, 0.6) is 0 Å². The molecule has 2 aliphatic rings. The summed E-state index contributed by atoms with van der Waals surface area (Å²) in [5, 5.41) is 3.20. The number of thiol groups is 1. The van der Waals surface area contributed by atoms with E-state index in [4.69, 9.17) is 5.73 Å². The number of thiophene rings is 1. The molecule has 1 aromatic heterocycles. The van der Waals surface area contributed by atoms with Crippen molar-refractivity contribution >= 4 is 35.8 Å². The standard InChI is InChI=1S/C22H26N2O2S2.C4H11N/c25-21(23-16-5-1-2-6-16)15-11-13-24(14-12-15)22(26)20-10-9-19(28-20)17-7-3-4-8-18(17)27;1-4(2,3)5/h3-4,7-10,15-16,27H,1-2,5-6,11-14H2,(H,23,25);5H2,1-3H3. The molecular weight excluding hydrogens is 450 g/mol. The maximum atomic E-state index is 12.9. The summed E-state index contributed by atoms with van der Waals surface area (Å²) in [7, 11) is 0. The van der Waals surface area contributed by atoms with Gasteiger partial charge >= 0.3 is 0 Å². The predicted molar refractivity (Wildman–Crippen MR) is 140 cm³/mol. The molecule has 2 aromatic rings. The van der Waals surface area contributed by atoms with Gasteiger partial charge in [-0.25, -0.2) is 0 Å². The highest BCUT2D eigenvalue weighted by Crippen LogP contribution is 2.33. The van der Waals surface area contributed by atoms with E-state index in [-0.39, 0.29) is 23.3 Å². The van der Waals surface area contributed by atoms with Crippen molar-refractivity contribution in [3.8, 4) is 10.4 Å². The van der Waals surface area contributed by atoms with Crippen LogP contribution in [0.1, 0.15) is 69.0 Å². The van der Waals surface area contributed by atoms with E-state index in [2.05, 4.69) is 17.9 Å². The van der Waals surface area contributed by atoms with Crippen LogP contribution < -0.4 is 11.1 Å². The number of amides is 2. The Labute approximate surface area is 207 Å². The van der Waals surface area contributed by atoms with E-state index in [1.807, 2.05) is 62.1 Å². The fourth-order valence-electron chi connectivity index (χ4n) is 4.17. The summed E-state index contributed by atoms with van der Waals surface area (Å²) in [6, 6.07) is 12.2. The van der Waals surface area contributed by atoms with Crippen LogP contribution in [0.15, 0.2) is 41.3 Å². The van der Waals surface area contributed by atoms with E-state index in [0.717, 1.165) is 45.9 Å². The van der Waals surface area contributed by atoms with Crippen LogP contribution in [-0.2, 0) is 4.79 Å². The zero-order valence-corrected chi connectivity index (χ0v) is 21.7. The van der Waals surface area contributed by atoms with Crippen LogP contribution >= 0.6 is 24.0 Å². The maximum Gasteiger partial charge on any atom is 0.263 e. The van der Waals surface area contributed by atoms with Crippen LogP contribution in [0.2, 0.25) is 0 Å². The van der Waals surface area contributed by atoms with Gasteiger partial charge in [-0.15, -0.1) is 24.0 Å². The number of nitrogens with two attached hydrogens (primary N) is 1. The minimum absolute atomic E-state index is 0. The Balaban J connectivity index is 0.000000555. The van der Waals surface area contributed by atoms with Gasteiger partial charge in [0.05, 0.1) is 4.88 Å². The molecule has 5 nitrogen and oxygen atoms in total. The van der Waals surface area contributed by atoms with E-state index in [1.54, 1.807) is 0 Å². The molecule has 7 heteroatoms. The molecule has 0 bridgehead atoms. The lowest BCUT2D eigenvalue weighted by atomic mass is 9.95. The molecule has 1 saturated carbocycles. The molecule has 0 atom stereocenters. The summed E-state index contributed by atoms with van der Waals surface area (Å²) in [5.74, 6) is 0.296. The Morgan fingerprint density at radius 3 is 2.24 bits per heavy atom. The number of piperidine rings is 1. The fourth-order valence-corrected chi connectivity index (χ4v) is 5.54. The topological polar surface area (TPSA) is 75.4 Å². The van der Waals surface area contributed by atoms with E-state index >= 15 is 0 Å². The molecule has 1 aliphatic heterocycles. The first-order valence-electron chi connectivity index (χ1n) is 11.9.